The topological polar surface area (TPSA) is 49.7 Å². The number of rotatable bonds is 5. The first-order valence-electron chi connectivity index (χ1n) is 6.50. The van der Waals surface area contributed by atoms with Crippen molar-refractivity contribution in [2.75, 3.05) is 0 Å². The molecule has 0 radical (unpaired) electrons. The predicted octanol–water partition coefficient (Wildman–Crippen LogP) is 4.58. The predicted molar refractivity (Wildman–Crippen MR) is 91.0 cm³/mol. The normalized spacial score (nSPS) is 12.8. The van der Waals surface area contributed by atoms with Gasteiger partial charge in [0.15, 0.2) is 6.04 Å². The molecule has 2 aromatic carbocycles. The van der Waals surface area contributed by atoms with Gasteiger partial charge in [-0.3, -0.25) is 4.99 Å². The third-order valence-corrected chi connectivity index (χ3v) is 3.35. The average Bonchev–Trinajstić information content (AvgIpc) is 2.50. The molecular weight excluding hydrogens is 321 g/mol. The molecule has 3 nitrogen and oxygen atoms in total. The number of aliphatic imine (C=N–C) groups is 1. The smallest absolute Gasteiger partial charge is 0.332 e. The van der Waals surface area contributed by atoms with Crippen LogP contribution in [0.15, 0.2) is 59.6 Å². The first-order chi connectivity index (χ1) is 10.5. The van der Waals surface area contributed by atoms with Crippen molar-refractivity contribution < 1.29 is 9.90 Å². The number of carboxylic acids is 1. The van der Waals surface area contributed by atoms with Crippen LogP contribution in [0.5, 0.6) is 0 Å². The lowest BCUT2D eigenvalue weighted by Crippen LogP contribution is -2.15. The molecule has 0 saturated carbocycles. The van der Waals surface area contributed by atoms with Gasteiger partial charge in [-0.05, 0) is 41.5 Å². The van der Waals surface area contributed by atoms with Crippen molar-refractivity contribution in [1.29, 1.82) is 0 Å². The summed E-state index contributed by atoms with van der Waals surface area (Å²) in [5.74, 6) is -1.02. The van der Waals surface area contributed by atoms with E-state index >= 15 is 0 Å². The van der Waals surface area contributed by atoms with Crippen molar-refractivity contribution >= 4 is 41.5 Å². The summed E-state index contributed by atoms with van der Waals surface area (Å²) >= 11 is 11.6. The van der Waals surface area contributed by atoms with Gasteiger partial charge in [0.2, 0.25) is 0 Å². The molecule has 0 aliphatic heterocycles. The number of hydrogen-bond donors (Lipinski definition) is 1. The maximum Gasteiger partial charge on any atom is 0.332 e. The molecule has 0 saturated heterocycles. The molecule has 0 amide bonds. The largest absolute Gasteiger partial charge is 0.479 e. The van der Waals surface area contributed by atoms with Crippen LogP contribution in [0.1, 0.15) is 11.1 Å². The molecule has 2 rings (SSSR count). The van der Waals surface area contributed by atoms with Crippen molar-refractivity contribution in [1.82, 2.24) is 0 Å². The van der Waals surface area contributed by atoms with Crippen molar-refractivity contribution in [3.8, 4) is 0 Å². The molecule has 0 bridgehead atoms. The van der Waals surface area contributed by atoms with Crippen LogP contribution in [0.3, 0.4) is 0 Å². The van der Waals surface area contributed by atoms with E-state index in [-0.39, 0.29) is 0 Å². The summed E-state index contributed by atoms with van der Waals surface area (Å²) in [6, 6.07) is 13.1. The van der Waals surface area contributed by atoms with Gasteiger partial charge in [0.05, 0.1) is 0 Å². The Bertz CT molecular complexity index is 636. The van der Waals surface area contributed by atoms with Crippen LogP contribution in [-0.4, -0.2) is 23.3 Å². The fourth-order valence-corrected chi connectivity index (χ4v) is 1.94. The van der Waals surface area contributed by atoms with E-state index in [1.165, 1.54) is 12.3 Å². The Morgan fingerprint density at radius 1 is 0.955 bits per heavy atom. The monoisotopic (exact) mass is 333 g/mol. The Kier molecular flexibility index (Phi) is 5.75. The van der Waals surface area contributed by atoms with Gasteiger partial charge >= 0.3 is 5.97 Å². The molecule has 1 atom stereocenters. The Balaban J connectivity index is 2.11. The molecule has 5 heteroatoms. The molecule has 22 heavy (non-hydrogen) atoms. The second-order valence-electron chi connectivity index (χ2n) is 4.52. The SMILES string of the molecule is O=C(O)[C@H](C=Cc1ccc(Cl)cc1)N=Cc1ccc(Cl)cc1. The van der Waals surface area contributed by atoms with E-state index in [4.69, 9.17) is 23.2 Å². The van der Waals surface area contributed by atoms with Gasteiger partial charge in [-0.1, -0.05) is 53.5 Å². The molecular formula is C17H13Cl2NO2. The van der Waals surface area contributed by atoms with Crippen LogP contribution in [0.4, 0.5) is 0 Å². The molecule has 0 aliphatic carbocycles. The zero-order valence-electron chi connectivity index (χ0n) is 11.5. The van der Waals surface area contributed by atoms with E-state index in [0.717, 1.165) is 11.1 Å². The quantitative estimate of drug-likeness (QED) is 0.814. The fourth-order valence-electron chi connectivity index (χ4n) is 1.69. The second kappa shape index (κ2) is 7.78. The maximum absolute atomic E-state index is 11.2. The highest BCUT2D eigenvalue weighted by atomic mass is 35.5. The number of aliphatic carboxylic acids is 1. The average molecular weight is 334 g/mol. The highest BCUT2D eigenvalue weighted by Crippen LogP contribution is 2.12. The van der Waals surface area contributed by atoms with Crippen LogP contribution in [0.25, 0.3) is 6.08 Å². The first kappa shape index (κ1) is 16.3. The van der Waals surface area contributed by atoms with Crippen molar-refractivity contribution in [3.63, 3.8) is 0 Å². The van der Waals surface area contributed by atoms with Crippen molar-refractivity contribution in [2.24, 2.45) is 4.99 Å². The van der Waals surface area contributed by atoms with Crippen LogP contribution in [-0.2, 0) is 4.79 Å². The second-order valence-corrected chi connectivity index (χ2v) is 5.40. The lowest BCUT2D eigenvalue weighted by atomic mass is 10.1. The Labute approximate surface area is 138 Å². The molecule has 1 N–H and O–H groups in total. The maximum atomic E-state index is 11.2. The summed E-state index contributed by atoms with van der Waals surface area (Å²) in [6.45, 7) is 0. The van der Waals surface area contributed by atoms with Crippen LogP contribution >= 0.6 is 23.2 Å². The van der Waals surface area contributed by atoms with E-state index in [1.807, 2.05) is 0 Å². The van der Waals surface area contributed by atoms with Gasteiger partial charge in [-0.2, -0.15) is 0 Å². The zero-order valence-corrected chi connectivity index (χ0v) is 13.0. The Hall–Kier alpha value is -2.10. The summed E-state index contributed by atoms with van der Waals surface area (Å²) in [6.07, 6.45) is 4.74. The molecule has 2 aromatic rings. The highest BCUT2D eigenvalue weighted by molar-refractivity contribution is 6.30. The molecule has 112 valence electrons. The van der Waals surface area contributed by atoms with Crippen molar-refractivity contribution in [2.45, 2.75) is 6.04 Å². The Morgan fingerprint density at radius 3 is 1.95 bits per heavy atom. The summed E-state index contributed by atoms with van der Waals surface area (Å²) in [7, 11) is 0. The van der Waals surface area contributed by atoms with E-state index in [9.17, 15) is 9.90 Å². The molecule has 0 aromatic heterocycles. The summed E-state index contributed by atoms with van der Waals surface area (Å²) < 4.78 is 0. The van der Waals surface area contributed by atoms with E-state index < -0.39 is 12.0 Å². The third-order valence-electron chi connectivity index (χ3n) is 2.85. The minimum atomic E-state index is -1.02. The van der Waals surface area contributed by atoms with Crippen LogP contribution < -0.4 is 0 Å². The third kappa shape index (κ3) is 5.02. The fraction of sp³-hybridized carbons (Fsp3) is 0.0588. The lowest BCUT2D eigenvalue weighted by molar-refractivity contribution is -0.137. The lowest BCUT2D eigenvalue weighted by Gasteiger charge is -2.01. The zero-order chi connectivity index (χ0) is 15.9. The van der Waals surface area contributed by atoms with Gasteiger partial charge in [-0.25, -0.2) is 4.79 Å². The molecule has 0 spiro atoms. The number of nitrogens with zero attached hydrogens (tertiary/aromatic N) is 1. The summed E-state index contributed by atoms with van der Waals surface area (Å²) in [4.78, 5) is 15.3. The van der Waals surface area contributed by atoms with Gasteiger partial charge in [-0.15, -0.1) is 0 Å². The van der Waals surface area contributed by atoms with E-state index in [2.05, 4.69) is 4.99 Å². The van der Waals surface area contributed by atoms with Gasteiger partial charge in [0.25, 0.3) is 0 Å². The molecule has 0 heterocycles. The minimum absolute atomic E-state index is 0.620. The van der Waals surface area contributed by atoms with Gasteiger partial charge in [0, 0.05) is 16.3 Å². The highest BCUT2D eigenvalue weighted by Gasteiger charge is 2.10. The summed E-state index contributed by atoms with van der Waals surface area (Å²) in [5.41, 5.74) is 1.65. The van der Waals surface area contributed by atoms with Crippen molar-refractivity contribution in [3.05, 3.63) is 75.8 Å². The number of carbonyl (C=O) groups is 1. The molecule has 0 fully saturated rings. The molecule has 0 unspecified atom stereocenters. The number of halogens is 2. The van der Waals surface area contributed by atoms with Gasteiger partial charge in [0.1, 0.15) is 0 Å². The first-order valence-corrected chi connectivity index (χ1v) is 7.25. The van der Waals surface area contributed by atoms with Crippen LogP contribution in [0, 0.1) is 0 Å². The number of hydrogen-bond acceptors (Lipinski definition) is 2. The van der Waals surface area contributed by atoms with Gasteiger partial charge < -0.3 is 5.11 Å². The molecule has 0 aliphatic rings. The van der Waals surface area contributed by atoms with Crippen LogP contribution in [0.2, 0.25) is 10.0 Å². The minimum Gasteiger partial charge on any atom is -0.479 e. The van der Waals surface area contributed by atoms with E-state index in [1.54, 1.807) is 54.6 Å². The standard InChI is InChI=1S/C17H13Cl2NO2/c18-14-6-1-12(2-7-14)5-10-16(17(21)22)20-11-13-3-8-15(19)9-4-13/h1-11,16H,(H,21,22)/t16-/m0/s1. The number of carboxylic acid groups (broad SMARTS) is 1. The van der Waals surface area contributed by atoms with E-state index in [0.29, 0.717) is 10.0 Å². The number of benzene rings is 2. The summed E-state index contributed by atoms with van der Waals surface area (Å²) in [5, 5.41) is 10.5. The Morgan fingerprint density at radius 2 is 1.45 bits per heavy atom.